The molecular weight excluding hydrogens is 282 g/mol. The van der Waals surface area contributed by atoms with Gasteiger partial charge in [-0.3, -0.25) is 14.5 Å². The molecule has 1 saturated heterocycles. The fraction of sp³-hybridized carbons (Fsp3) is 0.529. The number of ketones is 1. The molecule has 2 fully saturated rings. The average Bonchev–Trinajstić information content (AvgIpc) is 2.79. The topological polar surface area (TPSA) is 55.8 Å². The first-order valence-electron chi connectivity index (χ1n) is 7.59. The van der Waals surface area contributed by atoms with E-state index in [0.29, 0.717) is 13.1 Å². The van der Waals surface area contributed by atoms with Gasteiger partial charge in [-0.15, -0.1) is 0 Å². The standard InChI is InChI=1S/C17H21NO4/c1-21-13-6-4-12(5-7-13)10-18-11-14(19)15(16(20)22-2)17(18)8-3-9-17/h4-7,15H,3,8-11H2,1-2H3. The Bertz CT molecular complexity index is 577. The fourth-order valence-corrected chi connectivity index (χ4v) is 3.70. The lowest BCUT2D eigenvalue weighted by Gasteiger charge is -2.47. The number of hydrogen-bond donors (Lipinski definition) is 0. The molecule has 118 valence electrons. The molecule has 0 bridgehead atoms. The number of benzene rings is 1. The van der Waals surface area contributed by atoms with Crippen LogP contribution in [0.1, 0.15) is 24.8 Å². The molecule has 22 heavy (non-hydrogen) atoms. The smallest absolute Gasteiger partial charge is 0.318 e. The monoisotopic (exact) mass is 303 g/mol. The van der Waals surface area contributed by atoms with Crippen molar-refractivity contribution in [3.63, 3.8) is 0 Å². The molecule has 3 rings (SSSR count). The van der Waals surface area contributed by atoms with Gasteiger partial charge in [-0.05, 0) is 37.0 Å². The maximum absolute atomic E-state index is 12.3. The molecule has 1 spiro atoms. The van der Waals surface area contributed by atoms with E-state index < -0.39 is 5.92 Å². The highest BCUT2D eigenvalue weighted by atomic mass is 16.5. The largest absolute Gasteiger partial charge is 0.497 e. The average molecular weight is 303 g/mol. The summed E-state index contributed by atoms with van der Waals surface area (Å²) in [5, 5.41) is 0. The van der Waals surface area contributed by atoms with Crippen LogP contribution in [0.5, 0.6) is 5.75 Å². The van der Waals surface area contributed by atoms with Crippen LogP contribution in [-0.2, 0) is 20.9 Å². The minimum absolute atomic E-state index is 0.0138. The summed E-state index contributed by atoms with van der Waals surface area (Å²) in [5.74, 6) is -0.210. The molecule has 0 aromatic heterocycles. The van der Waals surface area contributed by atoms with Gasteiger partial charge in [0.1, 0.15) is 11.7 Å². The molecule has 1 aliphatic carbocycles. The molecule has 1 aliphatic heterocycles. The van der Waals surface area contributed by atoms with E-state index in [1.165, 1.54) is 7.11 Å². The summed E-state index contributed by atoms with van der Waals surface area (Å²) in [4.78, 5) is 26.5. The van der Waals surface area contributed by atoms with Crippen molar-refractivity contribution < 1.29 is 19.1 Å². The van der Waals surface area contributed by atoms with E-state index in [-0.39, 0.29) is 17.3 Å². The normalized spacial score (nSPS) is 23.4. The number of hydrogen-bond acceptors (Lipinski definition) is 5. The molecule has 1 saturated carbocycles. The van der Waals surface area contributed by atoms with Crippen LogP contribution in [0.15, 0.2) is 24.3 Å². The van der Waals surface area contributed by atoms with E-state index in [1.807, 2.05) is 24.3 Å². The number of esters is 1. The Labute approximate surface area is 130 Å². The number of Topliss-reactive ketones (excluding diaryl/α,β-unsaturated/α-hetero) is 1. The quantitative estimate of drug-likeness (QED) is 0.627. The zero-order valence-corrected chi connectivity index (χ0v) is 13.0. The van der Waals surface area contributed by atoms with E-state index in [9.17, 15) is 9.59 Å². The number of carbonyl (C=O) groups is 2. The third-order valence-corrected chi connectivity index (χ3v) is 5.02. The zero-order valence-electron chi connectivity index (χ0n) is 13.0. The summed E-state index contributed by atoms with van der Waals surface area (Å²) >= 11 is 0. The Balaban J connectivity index is 1.81. The van der Waals surface area contributed by atoms with Gasteiger partial charge in [-0.1, -0.05) is 12.1 Å². The van der Waals surface area contributed by atoms with Crippen molar-refractivity contribution in [2.75, 3.05) is 20.8 Å². The Morgan fingerprint density at radius 2 is 1.95 bits per heavy atom. The molecule has 1 heterocycles. The van der Waals surface area contributed by atoms with Crippen molar-refractivity contribution in [1.29, 1.82) is 0 Å². The fourth-order valence-electron chi connectivity index (χ4n) is 3.70. The number of likely N-dealkylation sites (tertiary alicyclic amines) is 1. The summed E-state index contributed by atoms with van der Waals surface area (Å²) in [7, 11) is 2.99. The maximum Gasteiger partial charge on any atom is 0.318 e. The van der Waals surface area contributed by atoms with Crippen LogP contribution in [0, 0.1) is 5.92 Å². The Morgan fingerprint density at radius 3 is 2.45 bits per heavy atom. The van der Waals surface area contributed by atoms with Gasteiger partial charge in [0.2, 0.25) is 0 Å². The molecule has 1 unspecified atom stereocenters. The number of nitrogens with zero attached hydrogens (tertiary/aromatic N) is 1. The van der Waals surface area contributed by atoms with Gasteiger partial charge in [-0.25, -0.2) is 0 Å². The van der Waals surface area contributed by atoms with Crippen LogP contribution >= 0.6 is 0 Å². The van der Waals surface area contributed by atoms with Crippen LogP contribution in [0.4, 0.5) is 0 Å². The second kappa shape index (κ2) is 5.72. The lowest BCUT2D eigenvalue weighted by atomic mass is 9.68. The lowest BCUT2D eigenvalue weighted by Crippen LogP contribution is -2.55. The molecule has 0 N–H and O–H groups in total. The van der Waals surface area contributed by atoms with Crippen LogP contribution < -0.4 is 4.74 Å². The predicted molar refractivity (Wildman–Crippen MR) is 80.5 cm³/mol. The highest BCUT2D eigenvalue weighted by Crippen LogP contribution is 2.49. The third kappa shape index (κ3) is 2.29. The third-order valence-electron chi connectivity index (χ3n) is 5.02. The molecule has 5 nitrogen and oxygen atoms in total. The van der Waals surface area contributed by atoms with Crippen LogP contribution in [-0.4, -0.2) is 43.0 Å². The van der Waals surface area contributed by atoms with Gasteiger partial charge < -0.3 is 9.47 Å². The number of carbonyl (C=O) groups excluding carboxylic acids is 2. The lowest BCUT2D eigenvalue weighted by molar-refractivity contribution is -0.153. The number of ether oxygens (including phenoxy) is 2. The van der Waals surface area contributed by atoms with Crippen molar-refractivity contribution in [3.05, 3.63) is 29.8 Å². The molecule has 1 atom stereocenters. The second-order valence-electron chi connectivity index (χ2n) is 6.08. The van der Waals surface area contributed by atoms with Gasteiger partial charge in [0.25, 0.3) is 0 Å². The summed E-state index contributed by atoms with van der Waals surface area (Å²) in [6, 6.07) is 7.83. The van der Waals surface area contributed by atoms with E-state index >= 15 is 0 Å². The summed E-state index contributed by atoms with van der Waals surface area (Å²) < 4.78 is 10.0. The minimum Gasteiger partial charge on any atom is -0.497 e. The molecule has 1 aromatic carbocycles. The number of methoxy groups -OCH3 is 2. The summed E-state index contributed by atoms with van der Waals surface area (Å²) in [6.45, 7) is 0.995. The van der Waals surface area contributed by atoms with Crippen molar-refractivity contribution >= 4 is 11.8 Å². The van der Waals surface area contributed by atoms with Crippen molar-refractivity contribution in [2.24, 2.45) is 5.92 Å². The van der Waals surface area contributed by atoms with E-state index in [0.717, 1.165) is 30.6 Å². The first kappa shape index (κ1) is 15.0. The Hall–Kier alpha value is -1.88. The van der Waals surface area contributed by atoms with Crippen molar-refractivity contribution in [2.45, 2.75) is 31.3 Å². The molecular formula is C17H21NO4. The van der Waals surface area contributed by atoms with Gasteiger partial charge in [0, 0.05) is 12.1 Å². The molecule has 1 aromatic rings. The highest BCUT2D eigenvalue weighted by molar-refractivity contribution is 6.03. The summed E-state index contributed by atoms with van der Waals surface area (Å²) in [6.07, 6.45) is 2.82. The van der Waals surface area contributed by atoms with Gasteiger partial charge in [0.15, 0.2) is 5.78 Å². The summed E-state index contributed by atoms with van der Waals surface area (Å²) in [5.41, 5.74) is 0.787. The molecule has 0 radical (unpaired) electrons. The first-order chi connectivity index (χ1) is 10.6. The van der Waals surface area contributed by atoms with Crippen molar-refractivity contribution in [3.8, 4) is 5.75 Å². The first-order valence-corrected chi connectivity index (χ1v) is 7.59. The number of rotatable bonds is 4. The van der Waals surface area contributed by atoms with Crippen molar-refractivity contribution in [1.82, 2.24) is 4.90 Å². The van der Waals surface area contributed by atoms with Crippen LogP contribution in [0.3, 0.4) is 0 Å². The maximum atomic E-state index is 12.3. The van der Waals surface area contributed by atoms with Gasteiger partial charge >= 0.3 is 5.97 Å². The highest BCUT2D eigenvalue weighted by Gasteiger charge is 2.59. The van der Waals surface area contributed by atoms with Crippen LogP contribution in [0.25, 0.3) is 0 Å². The van der Waals surface area contributed by atoms with E-state index in [2.05, 4.69) is 4.90 Å². The molecule has 2 aliphatic rings. The van der Waals surface area contributed by atoms with Gasteiger partial charge in [-0.2, -0.15) is 0 Å². The minimum atomic E-state index is -0.621. The van der Waals surface area contributed by atoms with E-state index in [1.54, 1.807) is 7.11 Å². The predicted octanol–water partition coefficient (Wildman–Crippen LogP) is 1.79. The van der Waals surface area contributed by atoms with E-state index in [4.69, 9.17) is 9.47 Å². The Kier molecular flexibility index (Phi) is 3.91. The van der Waals surface area contributed by atoms with Crippen LogP contribution in [0.2, 0.25) is 0 Å². The Morgan fingerprint density at radius 1 is 1.27 bits per heavy atom. The zero-order chi connectivity index (χ0) is 15.7. The molecule has 0 amide bonds. The second-order valence-corrected chi connectivity index (χ2v) is 6.08. The SMILES string of the molecule is COC(=O)C1C(=O)CN(Cc2ccc(OC)cc2)C12CCC2. The van der Waals surface area contributed by atoms with Gasteiger partial charge in [0.05, 0.1) is 20.8 Å². The molecule has 5 heteroatoms.